The lowest BCUT2D eigenvalue weighted by Gasteiger charge is -2.14. The zero-order valence-corrected chi connectivity index (χ0v) is 9.21. The Balaban J connectivity index is 3.64. The van der Waals surface area contributed by atoms with Gasteiger partial charge in [0.2, 0.25) is 10.0 Å². The number of primary sulfonamides is 1. The summed E-state index contributed by atoms with van der Waals surface area (Å²) >= 11 is 0. The average Bonchev–Trinajstić information content (AvgIpc) is 2.17. The van der Waals surface area contributed by atoms with E-state index in [0.717, 1.165) is 0 Å². The zero-order valence-electron chi connectivity index (χ0n) is 8.39. The molecule has 0 aromatic carbocycles. The van der Waals surface area contributed by atoms with Crippen LogP contribution in [0, 0.1) is 11.3 Å². The lowest BCUT2D eigenvalue weighted by molar-refractivity contribution is -0.275. The number of hydrogen-bond acceptors (Lipinski definition) is 6. The van der Waals surface area contributed by atoms with Crippen LogP contribution in [0.2, 0.25) is 0 Å². The van der Waals surface area contributed by atoms with Crippen molar-refractivity contribution < 1.29 is 26.3 Å². The van der Waals surface area contributed by atoms with Gasteiger partial charge in [-0.1, -0.05) is 0 Å². The molecule has 0 unspecified atom stereocenters. The van der Waals surface area contributed by atoms with Crippen LogP contribution in [-0.2, 0) is 10.0 Å². The van der Waals surface area contributed by atoms with E-state index in [1.54, 1.807) is 0 Å². The smallest absolute Gasteiger partial charge is 0.402 e. The maximum absolute atomic E-state index is 12.1. The number of rotatable bonds is 2. The van der Waals surface area contributed by atoms with Gasteiger partial charge in [-0.05, 0) is 0 Å². The highest BCUT2D eigenvalue weighted by Crippen LogP contribution is 2.35. The SMILES string of the molecule is N#Cc1ncc(N)c(OC(F)(F)F)c1S(N)(=O)=O. The quantitative estimate of drug-likeness (QED) is 0.789. The predicted molar refractivity (Wildman–Crippen MR) is 51.4 cm³/mol. The van der Waals surface area contributed by atoms with Gasteiger partial charge in [0.25, 0.3) is 0 Å². The van der Waals surface area contributed by atoms with E-state index < -0.39 is 38.4 Å². The van der Waals surface area contributed by atoms with Gasteiger partial charge in [-0.2, -0.15) is 5.26 Å². The number of sulfonamides is 1. The van der Waals surface area contributed by atoms with Crippen LogP contribution in [0.25, 0.3) is 0 Å². The summed E-state index contributed by atoms with van der Waals surface area (Å²) in [5.41, 5.74) is 3.58. The van der Waals surface area contributed by atoms with Crippen LogP contribution in [0.15, 0.2) is 11.1 Å². The minimum Gasteiger partial charge on any atom is -0.402 e. The molecule has 0 atom stereocenters. The minimum absolute atomic E-state index is 0.661. The van der Waals surface area contributed by atoms with Crippen LogP contribution in [0.1, 0.15) is 5.69 Å². The second-order valence-corrected chi connectivity index (χ2v) is 4.42. The molecule has 1 aromatic rings. The van der Waals surface area contributed by atoms with Gasteiger partial charge in [-0.3, -0.25) is 0 Å². The zero-order chi connectivity index (χ0) is 14.1. The first-order valence-corrected chi connectivity index (χ1v) is 5.58. The third kappa shape index (κ3) is 2.99. The number of halogens is 3. The molecule has 1 heterocycles. The maximum atomic E-state index is 12.1. The minimum atomic E-state index is -5.19. The summed E-state index contributed by atoms with van der Waals surface area (Å²) in [6.07, 6.45) is -4.53. The summed E-state index contributed by atoms with van der Waals surface area (Å²) in [5.74, 6) is -1.27. The number of pyridine rings is 1. The summed E-state index contributed by atoms with van der Waals surface area (Å²) in [7, 11) is -4.66. The molecule has 0 aliphatic carbocycles. The number of nitrogen functional groups attached to an aromatic ring is 1. The highest BCUT2D eigenvalue weighted by molar-refractivity contribution is 7.89. The lowest BCUT2D eigenvalue weighted by Crippen LogP contribution is -2.23. The van der Waals surface area contributed by atoms with Crippen LogP contribution in [0.4, 0.5) is 18.9 Å². The number of hydrogen-bond donors (Lipinski definition) is 2. The predicted octanol–water partition coefficient (Wildman–Crippen LogP) is 0.0815. The molecular weight excluding hydrogens is 277 g/mol. The molecule has 0 saturated carbocycles. The number of ether oxygens (including phenoxy) is 1. The first kappa shape index (κ1) is 14.0. The second-order valence-electron chi connectivity index (χ2n) is 2.93. The van der Waals surface area contributed by atoms with E-state index in [4.69, 9.17) is 16.1 Å². The van der Waals surface area contributed by atoms with Gasteiger partial charge in [-0.25, -0.2) is 18.5 Å². The van der Waals surface area contributed by atoms with Crippen molar-refractivity contribution in [3.8, 4) is 11.8 Å². The number of anilines is 1. The number of aromatic nitrogens is 1. The molecule has 0 fully saturated rings. The molecule has 0 amide bonds. The first-order chi connectivity index (χ1) is 8.06. The normalized spacial score (nSPS) is 11.9. The van der Waals surface area contributed by atoms with Crippen molar-refractivity contribution in [1.29, 1.82) is 5.26 Å². The molecule has 1 aromatic heterocycles. The van der Waals surface area contributed by atoms with E-state index in [-0.39, 0.29) is 0 Å². The van der Waals surface area contributed by atoms with E-state index in [9.17, 15) is 21.6 Å². The van der Waals surface area contributed by atoms with E-state index in [0.29, 0.717) is 6.20 Å². The molecule has 0 bridgehead atoms. The van der Waals surface area contributed by atoms with E-state index in [1.165, 1.54) is 6.07 Å². The fraction of sp³-hybridized carbons (Fsp3) is 0.143. The molecule has 98 valence electrons. The van der Waals surface area contributed by atoms with E-state index >= 15 is 0 Å². The largest absolute Gasteiger partial charge is 0.573 e. The van der Waals surface area contributed by atoms with Crippen molar-refractivity contribution in [3.05, 3.63) is 11.9 Å². The number of nitrogens with zero attached hydrogens (tertiary/aromatic N) is 2. The second kappa shape index (κ2) is 4.31. The third-order valence-corrected chi connectivity index (χ3v) is 2.57. The van der Waals surface area contributed by atoms with Crippen molar-refractivity contribution in [2.24, 2.45) is 5.14 Å². The van der Waals surface area contributed by atoms with Crippen LogP contribution < -0.4 is 15.6 Å². The third-order valence-electron chi connectivity index (χ3n) is 1.62. The van der Waals surface area contributed by atoms with E-state index in [1.807, 2.05) is 0 Å². The summed E-state index contributed by atoms with van der Waals surface area (Å²) in [6, 6.07) is 1.28. The first-order valence-electron chi connectivity index (χ1n) is 4.03. The Labute approximate surface area is 98.8 Å². The van der Waals surface area contributed by atoms with Crippen LogP contribution >= 0.6 is 0 Å². The van der Waals surface area contributed by atoms with Gasteiger partial charge in [0.05, 0.1) is 11.9 Å². The Kier molecular flexibility index (Phi) is 3.36. The van der Waals surface area contributed by atoms with Crippen LogP contribution in [0.3, 0.4) is 0 Å². The monoisotopic (exact) mass is 282 g/mol. The molecule has 0 spiro atoms. The summed E-state index contributed by atoms with van der Waals surface area (Å²) in [4.78, 5) is 2.06. The fourth-order valence-electron chi connectivity index (χ4n) is 1.05. The van der Waals surface area contributed by atoms with Gasteiger partial charge in [0, 0.05) is 0 Å². The average molecular weight is 282 g/mol. The summed E-state index contributed by atoms with van der Waals surface area (Å²) in [6.45, 7) is 0. The molecule has 11 heteroatoms. The van der Waals surface area contributed by atoms with Gasteiger partial charge >= 0.3 is 6.36 Å². The van der Waals surface area contributed by atoms with E-state index in [2.05, 4.69) is 9.72 Å². The highest BCUT2D eigenvalue weighted by Gasteiger charge is 2.36. The molecule has 18 heavy (non-hydrogen) atoms. The number of alkyl halides is 3. The van der Waals surface area contributed by atoms with Gasteiger partial charge in [0.1, 0.15) is 6.07 Å². The van der Waals surface area contributed by atoms with Crippen LogP contribution in [0.5, 0.6) is 5.75 Å². The Morgan fingerprint density at radius 1 is 1.44 bits per heavy atom. The Morgan fingerprint density at radius 3 is 2.39 bits per heavy atom. The fourth-order valence-corrected chi connectivity index (χ4v) is 1.84. The number of nitrogens with two attached hydrogens (primary N) is 2. The van der Waals surface area contributed by atoms with Crippen molar-refractivity contribution in [2.45, 2.75) is 11.3 Å². The molecule has 1 rings (SSSR count). The maximum Gasteiger partial charge on any atom is 0.573 e. The van der Waals surface area contributed by atoms with Crippen molar-refractivity contribution >= 4 is 15.7 Å². The molecule has 7 nitrogen and oxygen atoms in total. The van der Waals surface area contributed by atoms with Crippen molar-refractivity contribution in [3.63, 3.8) is 0 Å². The van der Waals surface area contributed by atoms with Gasteiger partial charge in [-0.15, -0.1) is 13.2 Å². The molecule has 0 radical (unpaired) electrons. The molecule has 4 N–H and O–H groups in total. The van der Waals surface area contributed by atoms with Crippen molar-refractivity contribution in [2.75, 3.05) is 5.73 Å². The van der Waals surface area contributed by atoms with Gasteiger partial charge < -0.3 is 10.5 Å². The van der Waals surface area contributed by atoms with Gasteiger partial charge in [0.15, 0.2) is 16.3 Å². The molecule has 0 aliphatic heterocycles. The summed E-state index contributed by atoms with van der Waals surface area (Å²) < 4.78 is 62.1. The Bertz CT molecular complexity index is 620. The van der Waals surface area contributed by atoms with Crippen molar-refractivity contribution in [1.82, 2.24) is 4.98 Å². The number of nitriles is 1. The Morgan fingerprint density at radius 2 is 2.00 bits per heavy atom. The standard InChI is InChI=1S/C7H5F3N4O3S/c8-7(9,10)17-5-3(12)2-14-4(1-11)6(5)18(13,15)16/h2H,12H2,(H2,13,15,16). The Hall–Kier alpha value is -2.06. The highest BCUT2D eigenvalue weighted by atomic mass is 32.2. The molecule has 0 aliphatic rings. The summed E-state index contributed by atoms with van der Waals surface area (Å²) in [5, 5.41) is 13.3. The van der Waals surface area contributed by atoms with Crippen LogP contribution in [-0.4, -0.2) is 19.8 Å². The lowest BCUT2D eigenvalue weighted by atomic mass is 10.3. The molecular formula is C7H5F3N4O3S. The molecule has 0 saturated heterocycles. The topological polar surface area (TPSA) is 132 Å².